The first kappa shape index (κ1) is 17.3. The summed E-state index contributed by atoms with van der Waals surface area (Å²) in [6.07, 6.45) is 9.44. The molecule has 3 heterocycles. The van der Waals surface area contributed by atoms with E-state index in [-0.39, 0.29) is 5.91 Å². The standard InChI is InChI=1S/C19H28N6O/c1-23-9-5-6-13(18(23)14-10-20-25(3)12-14)11-24(2)19(26)17-15-7-4-8-16(15)21-22-17/h10,12-13,18H,4-9,11H2,1-3H3,(H,21,22)/t13-,18+/m0/s1. The molecule has 1 amide bonds. The van der Waals surface area contributed by atoms with Crippen LogP contribution in [0.25, 0.3) is 0 Å². The van der Waals surface area contributed by atoms with E-state index in [4.69, 9.17) is 0 Å². The molecule has 140 valence electrons. The molecule has 2 aromatic rings. The number of aromatic amines is 1. The first-order valence-corrected chi connectivity index (χ1v) is 9.55. The van der Waals surface area contributed by atoms with Gasteiger partial charge in [0.05, 0.1) is 6.20 Å². The van der Waals surface area contributed by atoms with Crippen LogP contribution >= 0.6 is 0 Å². The Morgan fingerprint density at radius 2 is 2.19 bits per heavy atom. The Hall–Kier alpha value is -2.15. The normalized spacial score (nSPS) is 23.2. The van der Waals surface area contributed by atoms with Crippen LogP contribution in [-0.2, 0) is 19.9 Å². The van der Waals surface area contributed by atoms with Crippen molar-refractivity contribution in [1.82, 2.24) is 29.8 Å². The van der Waals surface area contributed by atoms with E-state index in [0.29, 0.717) is 17.7 Å². The highest BCUT2D eigenvalue weighted by molar-refractivity contribution is 5.94. The highest BCUT2D eigenvalue weighted by Gasteiger charge is 2.34. The lowest BCUT2D eigenvalue weighted by molar-refractivity contribution is 0.0639. The number of aromatic nitrogens is 4. The van der Waals surface area contributed by atoms with E-state index < -0.39 is 0 Å². The summed E-state index contributed by atoms with van der Waals surface area (Å²) in [4.78, 5) is 17.2. The molecule has 1 N–H and O–H groups in total. The van der Waals surface area contributed by atoms with E-state index in [1.54, 1.807) is 0 Å². The first-order chi connectivity index (χ1) is 12.5. The quantitative estimate of drug-likeness (QED) is 0.907. The fourth-order valence-electron chi connectivity index (χ4n) is 4.68. The molecular weight excluding hydrogens is 328 g/mol. The summed E-state index contributed by atoms with van der Waals surface area (Å²) in [5.74, 6) is 0.446. The Kier molecular flexibility index (Phi) is 4.56. The molecule has 7 nitrogen and oxygen atoms in total. The maximum absolute atomic E-state index is 13.0. The Morgan fingerprint density at radius 1 is 1.35 bits per heavy atom. The van der Waals surface area contributed by atoms with E-state index in [1.165, 1.54) is 5.56 Å². The number of hydrogen-bond acceptors (Lipinski definition) is 4. The number of piperidine rings is 1. The summed E-state index contributed by atoms with van der Waals surface area (Å²) in [5.41, 5.74) is 4.14. The van der Waals surface area contributed by atoms with Crippen LogP contribution in [0.4, 0.5) is 0 Å². The van der Waals surface area contributed by atoms with Gasteiger partial charge >= 0.3 is 0 Å². The second-order valence-electron chi connectivity index (χ2n) is 7.84. The van der Waals surface area contributed by atoms with Gasteiger partial charge in [-0.2, -0.15) is 10.2 Å². The molecule has 4 rings (SSSR count). The van der Waals surface area contributed by atoms with Crippen LogP contribution in [0.2, 0.25) is 0 Å². The van der Waals surface area contributed by atoms with Gasteiger partial charge in [0.1, 0.15) is 0 Å². The predicted octanol–water partition coefficient (Wildman–Crippen LogP) is 1.79. The van der Waals surface area contributed by atoms with Crippen LogP contribution in [0.1, 0.15) is 52.6 Å². The van der Waals surface area contributed by atoms with Crippen molar-refractivity contribution in [3.8, 4) is 0 Å². The summed E-state index contributed by atoms with van der Waals surface area (Å²) in [6, 6.07) is 0.303. The average Bonchev–Trinajstić information content (AvgIpc) is 3.31. The Morgan fingerprint density at radius 3 is 2.96 bits per heavy atom. The van der Waals surface area contributed by atoms with Gasteiger partial charge in [0, 0.05) is 49.7 Å². The number of carbonyl (C=O) groups excluding carboxylic acids is 1. The van der Waals surface area contributed by atoms with E-state index in [0.717, 1.165) is 56.5 Å². The third-order valence-corrected chi connectivity index (χ3v) is 5.94. The summed E-state index contributed by atoms with van der Waals surface area (Å²) < 4.78 is 1.86. The third-order valence-electron chi connectivity index (χ3n) is 5.94. The number of fused-ring (bicyclic) bond motifs is 1. The number of aryl methyl sites for hydroxylation is 2. The van der Waals surface area contributed by atoms with Crippen LogP contribution in [0.5, 0.6) is 0 Å². The van der Waals surface area contributed by atoms with Gasteiger partial charge in [0.15, 0.2) is 5.69 Å². The number of rotatable bonds is 4. The fourth-order valence-corrected chi connectivity index (χ4v) is 4.68. The summed E-state index contributed by atoms with van der Waals surface area (Å²) >= 11 is 0. The van der Waals surface area contributed by atoms with Crippen LogP contribution in [0.15, 0.2) is 12.4 Å². The Bertz CT molecular complexity index is 794. The molecule has 0 unspecified atom stereocenters. The van der Waals surface area contributed by atoms with Crippen molar-refractivity contribution in [2.75, 3.05) is 27.2 Å². The number of likely N-dealkylation sites (tertiary alicyclic amines) is 1. The second kappa shape index (κ2) is 6.87. The summed E-state index contributed by atoms with van der Waals surface area (Å²) in [7, 11) is 6.04. The van der Waals surface area contributed by atoms with Gasteiger partial charge in [-0.25, -0.2) is 0 Å². The first-order valence-electron chi connectivity index (χ1n) is 9.55. The molecule has 1 fully saturated rings. The van der Waals surface area contributed by atoms with Crippen molar-refractivity contribution in [3.63, 3.8) is 0 Å². The van der Waals surface area contributed by atoms with Gasteiger partial charge in [-0.1, -0.05) is 0 Å². The van der Waals surface area contributed by atoms with Gasteiger partial charge in [-0.3, -0.25) is 19.5 Å². The van der Waals surface area contributed by atoms with Crippen LogP contribution in [0.3, 0.4) is 0 Å². The molecule has 2 atom stereocenters. The summed E-state index contributed by atoms with van der Waals surface area (Å²) in [5, 5.41) is 11.7. The number of amides is 1. The zero-order valence-corrected chi connectivity index (χ0v) is 15.9. The number of H-pyrrole nitrogens is 1. The Labute approximate surface area is 154 Å². The lowest BCUT2D eigenvalue weighted by atomic mass is 9.85. The number of hydrogen-bond donors (Lipinski definition) is 1. The minimum atomic E-state index is 0.0440. The topological polar surface area (TPSA) is 70.1 Å². The van der Waals surface area contributed by atoms with Gasteiger partial charge in [-0.05, 0) is 51.6 Å². The minimum Gasteiger partial charge on any atom is -0.340 e. The highest BCUT2D eigenvalue weighted by Crippen LogP contribution is 2.35. The molecule has 0 spiro atoms. The van der Waals surface area contributed by atoms with Crippen molar-refractivity contribution in [2.24, 2.45) is 13.0 Å². The van der Waals surface area contributed by atoms with Crippen molar-refractivity contribution >= 4 is 5.91 Å². The van der Waals surface area contributed by atoms with E-state index in [9.17, 15) is 4.79 Å². The predicted molar refractivity (Wildman–Crippen MR) is 98.9 cm³/mol. The lowest BCUT2D eigenvalue weighted by Crippen LogP contribution is -2.42. The maximum Gasteiger partial charge on any atom is 0.274 e. The molecule has 2 aromatic heterocycles. The monoisotopic (exact) mass is 356 g/mol. The fraction of sp³-hybridized carbons (Fsp3) is 0.632. The zero-order valence-electron chi connectivity index (χ0n) is 15.9. The van der Waals surface area contributed by atoms with Gasteiger partial charge in [-0.15, -0.1) is 0 Å². The molecule has 0 saturated carbocycles. The van der Waals surface area contributed by atoms with Crippen molar-refractivity contribution in [1.29, 1.82) is 0 Å². The number of nitrogens with one attached hydrogen (secondary N) is 1. The van der Waals surface area contributed by atoms with Crippen LogP contribution in [0, 0.1) is 5.92 Å². The number of carbonyl (C=O) groups is 1. The number of nitrogens with zero attached hydrogens (tertiary/aromatic N) is 5. The van der Waals surface area contributed by atoms with Gasteiger partial charge < -0.3 is 4.90 Å². The maximum atomic E-state index is 13.0. The molecule has 7 heteroatoms. The van der Waals surface area contributed by atoms with Crippen molar-refractivity contribution in [3.05, 3.63) is 34.9 Å². The average molecular weight is 356 g/mol. The highest BCUT2D eigenvalue weighted by atomic mass is 16.2. The van der Waals surface area contributed by atoms with Crippen LogP contribution < -0.4 is 0 Å². The van der Waals surface area contributed by atoms with E-state index in [2.05, 4.69) is 33.4 Å². The summed E-state index contributed by atoms with van der Waals surface area (Å²) in [6.45, 7) is 1.82. The smallest absolute Gasteiger partial charge is 0.274 e. The molecule has 1 aliphatic carbocycles. The minimum absolute atomic E-state index is 0.0440. The largest absolute Gasteiger partial charge is 0.340 e. The van der Waals surface area contributed by atoms with Crippen molar-refractivity contribution < 1.29 is 4.79 Å². The Balaban J connectivity index is 1.51. The SMILES string of the molecule is CN(C[C@@H]1CCCN(C)[C@H]1c1cnn(C)c1)C(=O)c1n[nH]c2c1CCC2. The molecule has 0 bridgehead atoms. The molecule has 1 aliphatic heterocycles. The molecule has 26 heavy (non-hydrogen) atoms. The van der Waals surface area contributed by atoms with Gasteiger partial charge in [0.25, 0.3) is 5.91 Å². The van der Waals surface area contributed by atoms with Crippen LogP contribution in [-0.4, -0.2) is 62.9 Å². The molecule has 1 saturated heterocycles. The van der Waals surface area contributed by atoms with Crippen molar-refractivity contribution in [2.45, 2.75) is 38.1 Å². The molecule has 0 aromatic carbocycles. The second-order valence-corrected chi connectivity index (χ2v) is 7.84. The lowest BCUT2D eigenvalue weighted by Gasteiger charge is -2.40. The third kappa shape index (κ3) is 3.05. The zero-order chi connectivity index (χ0) is 18.3. The molecule has 2 aliphatic rings. The van der Waals surface area contributed by atoms with E-state index >= 15 is 0 Å². The molecule has 0 radical (unpaired) electrons. The van der Waals surface area contributed by atoms with E-state index in [1.807, 2.05) is 29.9 Å². The van der Waals surface area contributed by atoms with Gasteiger partial charge in [0.2, 0.25) is 0 Å². The molecular formula is C19H28N6O.